The molecule has 0 spiro atoms. The van der Waals surface area contributed by atoms with Gasteiger partial charge in [-0.25, -0.2) is 0 Å². The normalized spacial score (nSPS) is 22.4. The van der Waals surface area contributed by atoms with E-state index in [2.05, 4.69) is 44.7 Å². The first-order valence-electron chi connectivity index (χ1n) is 12.5. The molecule has 4 nitrogen and oxygen atoms in total. The van der Waals surface area contributed by atoms with Crippen LogP contribution in [-0.2, 0) is 14.3 Å². The van der Waals surface area contributed by atoms with Gasteiger partial charge in [-0.3, -0.25) is 9.59 Å². The van der Waals surface area contributed by atoms with E-state index >= 15 is 0 Å². The van der Waals surface area contributed by atoms with Crippen LogP contribution in [0.25, 0.3) is 5.57 Å². The molecule has 2 atom stereocenters. The van der Waals surface area contributed by atoms with E-state index in [1.165, 1.54) is 5.56 Å². The van der Waals surface area contributed by atoms with Gasteiger partial charge in [0, 0.05) is 25.4 Å². The van der Waals surface area contributed by atoms with E-state index in [1.54, 1.807) is 0 Å². The molecule has 1 aliphatic heterocycles. The summed E-state index contributed by atoms with van der Waals surface area (Å²) in [4.78, 5) is 29.1. The maximum absolute atomic E-state index is 13.8. The summed E-state index contributed by atoms with van der Waals surface area (Å²) >= 11 is 0. The lowest BCUT2D eigenvalue weighted by Gasteiger charge is -2.26. The Hall–Kier alpha value is -1.94. The first-order chi connectivity index (χ1) is 15.2. The lowest BCUT2D eigenvalue weighted by atomic mass is 9.87. The van der Waals surface area contributed by atoms with Crippen LogP contribution >= 0.6 is 0 Å². The van der Waals surface area contributed by atoms with Crippen LogP contribution in [0.3, 0.4) is 0 Å². The third kappa shape index (κ3) is 6.15. The summed E-state index contributed by atoms with van der Waals surface area (Å²) < 4.78 is 5.94. The largest absolute Gasteiger partial charge is 0.430 e. The van der Waals surface area contributed by atoms with Crippen molar-refractivity contribution in [1.29, 1.82) is 0 Å². The number of benzene rings is 1. The summed E-state index contributed by atoms with van der Waals surface area (Å²) in [5.41, 5.74) is 4.56. The number of carbonyl (C=O) groups is 2. The number of Topliss-reactive ketones (excluding diaryl/α,β-unsaturated/α-hetero) is 1. The average molecular weight is 454 g/mol. The van der Waals surface area contributed by atoms with Gasteiger partial charge >= 0.3 is 5.97 Å². The number of aryl methyl sites for hydroxylation is 3. The van der Waals surface area contributed by atoms with E-state index in [0.29, 0.717) is 23.7 Å². The average Bonchev–Trinajstić information content (AvgIpc) is 3.18. The predicted octanol–water partition coefficient (Wildman–Crippen LogP) is 6.26. The molecule has 2 unspecified atom stereocenters. The van der Waals surface area contributed by atoms with Crippen molar-refractivity contribution in [1.82, 2.24) is 4.90 Å². The molecule has 4 heteroatoms. The lowest BCUT2D eigenvalue weighted by molar-refractivity contribution is -0.148. The van der Waals surface area contributed by atoms with Crippen LogP contribution in [0, 0.1) is 43.4 Å². The third-order valence-electron chi connectivity index (χ3n) is 6.77. The minimum Gasteiger partial charge on any atom is -0.430 e. The van der Waals surface area contributed by atoms with E-state index in [1.807, 2.05) is 34.6 Å². The standard InChI is InChI=1S/C29H43NO3/c1-18-12-19(2)24(20(3)13-18)25-23(33-27(32)29(7,8)9)15-22(26(25)31)14-21-10-11-30(16-21)17-28(4,5)6/h12-13,21-22H,10-11,14-17H2,1-9H3. The molecular weight excluding hydrogens is 410 g/mol. The monoisotopic (exact) mass is 453 g/mol. The molecule has 1 fully saturated rings. The van der Waals surface area contributed by atoms with Crippen LogP contribution in [0.4, 0.5) is 0 Å². The molecule has 33 heavy (non-hydrogen) atoms. The van der Waals surface area contributed by atoms with Crippen molar-refractivity contribution in [3.05, 3.63) is 40.1 Å². The van der Waals surface area contributed by atoms with Crippen molar-refractivity contribution in [2.75, 3.05) is 19.6 Å². The van der Waals surface area contributed by atoms with Gasteiger partial charge in [-0.05, 0) is 89.0 Å². The Labute approximate surface area is 200 Å². The Bertz CT molecular complexity index is 935. The Morgan fingerprint density at radius 1 is 1.06 bits per heavy atom. The highest BCUT2D eigenvalue weighted by molar-refractivity contribution is 6.25. The topological polar surface area (TPSA) is 46.6 Å². The fourth-order valence-electron chi connectivity index (χ4n) is 5.47. The second kappa shape index (κ2) is 9.37. The minimum absolute atomic E-state index is 0.109. The van der Waals surface area contributed by atoms with Gasteiger partial charge in [0.15, 0.2) is 5.78 Å². The summed E-state index contributed by atoms with van der Waals surface area (Å²) in [6.45, 7) is 21.8. The number of ether oxygens (including phenoxy) is 1. The van der Waals surface area contributed by atoms with E-state index in [9.17, 15) is 9.59 Å². The zero-order valence-electron chi connectivity index (χ0n) is 22.2. The quantitative estimate of drug-likeness (QED) is 0.494. The van der Waals surface area contributed by atoms with Gasteiger partial charge in [-0.1, -0.05) is 38.5 Å². The molecule has 1 aliphatic carbocycles. The van der Waals surface area contributed by atoms with Gasteiger partial charge in [0.05, 0.1) is 11.0 Å². The van der Waals surface area contributed by atoms with Crippen LogP contribution in [0.15, 0.2) is 17.9 Å². The van der Waals surface area contributed by atoms with Crippen molar-refractivity contribution < 1.29 is 14.3 Å². The molecule has 0 saturated carbocycles. The number of esters is 1. The number of hydrogen-bond acceptors (Lipinski definition) is 4. The maximum atomic E-state index is 13.8. The summed E-state index contributed by atoms with van der Waals surface area (Å²) in [5, 5.41) is 0. The highest BCUT2D eigenvalue weighted by atomic mass is 16.5. The molecule has 182 valence electrons. The molecule has 1 aromatic rings. The number of hydrogen-bond donors (Lipinski definition) is 0. The Morgan fingerprint density at radius 2 is 1.67 bits per heavy atom. The van der Waals surface area contributed by atoms with Gasteiger partial charge in [-0.2, -0.15) is 0 Å². The Kier molecular flexibility index (Phi) is 7.29. The second-order valence-electron chi connectivity index (χ2n) is 12.7. The van der Waals surface area contributed by atoms with Gasteiger partial charge in [0.2, 0.25) is 0 Å². The number of likely N-dealkylation sites (tertiary alicyclic amines) is 1. The summed E-state index contributed by atoms with van der Waals surface area (Å²) in [6, 6.07) is 4.22. The number of rotatable bonds is 5. The van der Waals surface area contributed by atoms with E-state index < -0.39 is 5.41 Å². The zero-order chi connectivity index (χ0) is 24.7. The van der Waals surface area contributed by atoms with Gasteiger partial charge in [0.25, 0.3) is 0 Å². The van der Waals surface area contributed by atoms with Crippen LogP contribution < -0.4 is 0 Å². The molecule has 0 aromatic heterocycles. The van der Waals surface area contributed by atoms with Crippen molar-refractivity contribution >= 4 is 17.3 Å². The fourth-order valence-corrected chi connectivity index (χ4v) is 5.47. The van der Waals surface area contributed by atoms with Gasteiger partial charge in [0.1, 0.15) is 5.76 Å². The summed E-state index contributed by atoms with van der Waals surface area (Å²) in [5.74, 6) is 0.853. The third-order valence-corrected chi connectivity index (χ3v) is 6.77. The van der Waals surface area contributed by atoms with E-state index in [4.69, 9.17) is 4.74 Å². The molecule has 1 heterocycles. The molecule has 0 radical (unpaired) electrons. The smallest absolute Gasteiger partial charge is 0.316 e. The SMILES string of the molecule is Cc1cc(C)c(C2=C(OC(=O)C(C)(C)C)CC(CC3CCN(CC(C)(C)C)C3)C2=O)c(C)c1. The number of allylic oxidation sites excluding steroid dienone is 2. The minimum atomic E-state index is -0.616. The number of carbonyl (C=O) groups excluding carboxylic acids is 2. The van der Waals surface area contributed by atoms with Crippen molar-refractivity contribution in [2.45, 2.75) is 81.6 Å². The van der Waals surface area contributed by atoms with Gasteiger partial charge in [-0.15, -0.1) is 0 Å². The van der Waals surface area contributed by atoms with E-state index in [0.717, 1.165) is 49.2 Å². The molecule has 0 bridgehead atoms. The molecule has 3 rings (SSSR count). The fraction of sp³-hybridized carbons (Fsp3) is 0.655. The summed E-state index contributed by atoms with van der Waals surface area (Å²) in [6.07, 6.45) is 2.52. The van der Waals surface area contributed by atoms with Crippen LogP contribution in [0.5, 0.6) is 0 Å². The zero-order valence-corrected chi connectivity index (χ0v) is 22.2. The Morgan fingerprint density at radius 3 is 2.21 bits per heavy atom. The Balaban J connectivity index is 1.86. The molecular formula is C29H43NO3. The molecule has 0 amide bonds. The van der Waals surface area contributed by atoms with Crippen molar-refractivity contribution in [2.24, 2.45) is 22.7 Å². The molecule has 2 aliphatic rings. The highest BCUT2D eigenvalue weighted by Gasteiger charge is 2.40. The predicted molar refractivity (Wildman–Crippen MR) is 135 cm³/mol. The van der Waals surface area contributed by atoms with Crippen LogP contribution in [0.1, 0.15) is 83.1 Å². The van der Waals surface area contributed by atoms with Gasteiger partial charge < -0.3 is 9.64 Å². The van der Waals surface area contributed by atoms with E-state index in [-0.39, 0.29) is 23.1 Å². The second-order valence-corrected chi connectivity index (χ2v) is 12.7. The van der Waals surface area contributed by atoms with Crippen molar-refractivity contribution in [3.8, 4) is 0 Å². The number of ketones is 1. The first kappa shape index (κ1) is 25.7. The molecule has 1 saturated heterocycles. The molecule has 0 N–H and O–H groups in total. The number of nitrogens with zero attached hydrogens (tertiary/aromatic N) is 1. The van der Waals surface area contributed by atoms with Crippen molar-refractivity contribution in [3.63, 3.8) is 0 Å². The maximum Gasteiger partial charge on any atom is 0.316 e. The summed E-state index contributed by atoms with van der Waals surface area (Å²) in [7, 11) is 0. The lowest BCUT2D eigenvalue weighted by Crippen LogP contribution is -2.31. The van der Waals surface area contributed by atoms with Crippen LogP contribution in [-0.4, -0.2) is 36.3 Å². The highest BCUT2D eigenvalue weighted by Crippen LogP contribution is 2.42. The molecule has 1 aromatic carbocycles. The first-order valence-corrected chi connectivity index (χ1v) is 12.5. The van der Waals surface area contributed by atoms with Crippen LogP contribution in [0.2, 0.25) is 0 Å².